The van der Waals surface area contributed by atoms with Crippen molar-refractivity contribution >= 4 is 31.5 Å². The van der Waals surface area contributed by atoms with Gasteiger partial charge in [-0.3, -0.25) is 9.10 Å². The van der Waals surface area contributed by atoms with E-state index in [0.717, 1.165) is 5.56 Å². The van der Waals surface area contributed by atoms with Gasteiger partial charge in [0.25, 0.3) is 15.9 Å². The predicted octanol–water partition coefficient (Wildman–Crippen LogP) is 1.61. The number of benzene rings is 2. The summed E-state index contributed by atoms with van der Waals surface area (Å²) in [6, 6.07) is 11.4. The van der Waals surface area contributed by atoms with Gasteiger partial charge in [0.2, 0.25) is 0 Å². The van der Waals surface area contributed by atoms with Crippen LogP contribution < -0.4 is 14.4 Å². The van der Waals surface area contributed by atoms with E-state index in [2.05, 4.69) is 5.32 Å². The van der Waals surface area contributed by atoms with Gasteiger partial charge in [0.1, 0.15) is 5.75 Å². The summed E-state index contributed by atoms with van der Waals surface area (Å²) in [5, 5.41) is 2.52. The van der Waals surface area contributed by atoms with Crippen molar-refractivity contribution in [2.24, 2.45) is 0 Å². The summed E-state index contributed by atoms with van der Waals surface area (Å²) in [5.74, 6) is -0.610. The summed E-state index contributed by atoms with van der Waals surface area (Å²) in [6.07, 6.45) is 0.616. The Morgan fingerprint density at radius 2 is 1.87 bits per heavy atom. The molecule has 8 nitrogen and oxygen atoms in total. The molecule has 3 rings (SSSR count). The van der Waals surface area contributed by atoms with Crippen molar-refractivity contribution in [2.45, 2.75) is 18.2 Å². The van der Waals surface area contributed by atoms with E-state index in [0.29, 0.717) is 18.7 Å². The number of hydrogen-bond donors (Lipinski definition) is 1. The number of carbonyl (C=O) groups excluding carboxylic acids is 1. The molecule has 1 N–H and O–H groups in total. The standard InChI is InChI=1S/C20H24N2O6S2/c1-3-29(24,25)13-11-21-20(23)17-14-16(8-9-19(17)28-2)30(26,27)22-12-10-15-6-4-5-7-18(15)22/h4-9,14H,3,10-13H2,1-2H3,(H,21,23). The zero-order chi connectivity index (χ0) is 21.9. The Kier molecular flexibility index (Phi) is 6.37. The van der Waals surface area contributed by atoms with Crippen molar-refractivity contribution in [2.75, 3.05) is 36.0 Å². The minimum absolute atomic E-state index is 0.0166. The van der Waals surface area contributed by atoms with Gasteiger partial charge in [-0.25, -0.2) is 16.8 Å². The molecule has 1 amide bonds. The van der Waals surface area contributed by atoms with Gasteiger partial charge in [-0.1, -0.05) is 25.1 Å². The lowest BCUT2D eigenvalue weighted by atomic mass is 10.2. The number of sulfonamides is 1. The van der Waals surface area contributed by atoms with E-state index >= 15 is 0 Å². The van der Waals surface area contributed by atoms with Crippen LogP contribution >= 0.6 is 0 Å². The molecular formula is C20H24N2O6S2. The lowest BCUT2D eigenvalue weighted by Crippen LogP contribution is -2.31. The van der Waals surface area contributed by atoms with Crippen LogP contribution in [0.5, 0.6) is 5.75 Å². The molecule has 2 aromatic carbocycles. The SMILES string of the molecule is CCS(=O)(=O)CCNC(=O)c1cc(S(=O)(=O)N2CCc3ccccc32)ccc1OC. The third-order valence-electron chi connectivity index (χ3n) is 4.99. The first-order valence-corrected chi connectivity index (χ1v) is 12.7. The first kappa shape index (κ1) is 22.1. The maximum Gasteiger partial charge on any atom is 0.264 e. The Bertz CT molecular complexity index is 1160. The van der Waals surface area contributed by atoms with Gasteiger partial charge < -0.3 is 10.1 Å². The first-order chi connectivity index (χ1) is 14.2. The molecule has 1 aliphatic heterocycles. The molecule has 0 bridgehead atoms. The quantitative estimate of drug-likeness (QED) is 0.652. The van der Waals surface area contributed by atoms with E-state index in [1.54, 1.807) is 12.1 Å². The Labute approximate surface area is 176 Å². The summed E-state index contributed by atoms with van der Waals surface area (Å²) >= 11 is 0. The zero-order valence-electron chi connectivity index (χ0n) is 16.8. The lowest BCUT2D eigenvalue weighted by Gasteiger charge is -2.20. The molecule has 1 heterocycles. The highest BCUT2D eigenvalue weighted by atomic mass is 32.2. The third kappa shape index (κ3) is 4.44. The van der Waals surface area contributed by atoms with Gasteiger partial charge in [0, 0.05) is 18.8 Å². The Morgan fingerprint density at radius 1 is 1.13 bits per heavy atom. The summed E-state index contributed by atoms with van der Waals surface area (Å²) in [5.41, 5.74) is 1.61. The molecule has 0 atom stereocenters. The number of amides is 1. The van der Waals surface area contributed by atoms with Crippen molar-refractivity contribution in [3.05, 3.63) is 53.6 Å². The fourth-order valence-corrected chi connectivity index (χ4v) is 5.50. The average molecular weight is 453 g/mol. The molecule has 0 spiro atoms. The van der Waals surface area contributed by atoms with Gasteiger partial charge in [-0.2, -0.15) is 0 Å². The second-order valence-electron chi connectivity index (χ2n) is 6.81. The first-order valence-electron chi connectivity index (χ1n) is 9.47. The lowest BCUT2D eigenvalue weighted by molar-refractivity contribution is 0.0953. The monoisotopic (exact) mass is 452 g/mol. The van der Waals surface area contributed by atoms with Crippen LogP contribution in [0, 0.1) is 0 Å². The molecule has 0 aliphatic carbocycles. The summed E-state index contributed by atoms with van der Waals surface area (Å²) < 4.78 is 56.2. The zero-order valence-corrected chi connectivity index (χ0v) is 18.4. The molecule has 0 fully saturated rings. The van der Waals surface area contributed by atoms with E-state index in [1.165, 1.54) is 36.5 Å². The second-order valence-corrected chi connectivity index (χ2v) is 11.1. The molecule has 0 radical (unpaired) electrons. The molecule has 0 saturated carbocycles. The summed E-state index contributed by atoms with van der Waals surface area (Å²) in [7, 11) is -5.74. The smallest absolute Gasteiger partial charge is 0.264 e. The Hall–Kier alpha value is -2.59. The van der Waals surface area contributed by atoms with Crippen molar-refractivity contribution in [3.8, 4) is 5.75 Å². The maximum absolute atomic E-state index is 13.2. The van der Waals surface area contributed by atoms with Crippen LogP contribution in [0.3, 0.4) is 0 Å². The van der Waals surface area contributed by atoms with Crippen molar-refractivity contribution in [1.82, 2.24) is 5.32 Å². The number of para-hydroxylation sites is 1. The number of hydrogen-bond acceptors (Lipinski definition) is 6. The molecular weight excluding hydrogens is 428 g/mol. The number of nitrogens with zero attached hydrogens (tertiary/aromatic N) is 1. The van der Waals surface area contributed by atoms with Crippen LogP contribution in [-0.4, -0.2) is 54.4 Å². The van der Waals surface area contributed by atoms with Gasteiger partial charge in [-0.15, -0.1) is 0 Å². The predicted molar refractivity (Wildman–Crippen MR) is 114 cm³/mol. The third-order valence-corrected chi connectivity index (χ3v) is 8.50. The molecule has 0 saturated heterocycles. The second kappa shape index (κ2) is 8.65. The number of rotatable bonds is 8. The van der Waals surface area contributed by atoms with E-state index in [1.807, 2.05) is 12.1 Å². The molecule has 162 valence electrons. The Balaban J connectivity index is 1.88. The van der Waals surface area contributed by atoms with Crippen LogP contribution in [0.4, 0.5) is 5.69 Å². The fraction of sp³-hybridized carbons (Fsp3) is 0.350. The number of methoxy groups -OCH3 is 1. The summed E-state index contributed by atoms with van der Waals surface area (Å²) in [6.45, 7) is 1.78. The topological polar surface area (TPSA) is 110 Å². The van der Waals surface area contributed by atoms with Crippen LogP contribution in [-0.2, 0) is 26.3 Å². The van der Waals surface area contributed by atoms with Crippen LogP contribution in [0.1, 0.15) is 22.8 Å². The summed E-state index contributed by atoms with van der Waals surface area (Å²) in [4.78, 5) is 12.6. The molecule has 1 aliphatic rings. The van der Waals surface area contributed by atoms with Gasteiger partial charge in [0.15, 0.2) is 9.84 Å². The maximum atomic E-state index is 13.2. The van der Waals surface area contributed by atoms with E-state index in [4.69, 9.17) is 4.74 Å². The highest BCUT2D eigenvalue weighted by Gasteiger charge is 2.31. The highest BCUT2D eigenvalue weighted by Crippen LogP contribution is 2.33. The molecule has 30 heavy (non-hydrogen) atoms. The number of ether oxygens (including phenoxy) is 1. The minimum Gasteiger partial charge on any atom is -0.496 e. The highest BCUT2D eigenvalue weighted by molar-refractivity contribution is 7.93. The number of anilines is 1. The van der Waals surface area contributed by atoms with Crippen LogP contribution in [0.15, 0.2) is 47.4 Å². The normalized spacial score (nSPS) is 13.7. The van der Waals surface area contributed by atoms with Gasteiger partial charge >= 0.3 is 0 Å². The number of carbonyl (C=O) groups is 1. The van der Waals surface area contributed by atoms with Crippen LogP contribution in [0.25, 0.3) is 0 Å². The minimum atomic E-state index is -3.88. The molecule has 0 aromatic heterocycles. The van der Waals surface area contributed by atoms with Crippen molar-refractivity contribution in [3.63, 3.8) is 0 Å². The van der Waals surface area contributed by atoms with E-state index in [-0.39, 0.29) is 34.3 Å². The number of sulfone groups is 1. The number of fused-ring (bicyclic) bond motifs is 1. The van der Waals surface area contributed by atoms with E-state index < -0.39 is 25.8 Å². The van der Waals surface area contributed by atoms with Crippen molar-refractivity contribution in [1.29, 1.82) is 0 Å². The largest absolute Gasteiger partial charge is 0.496 e. The molecule has 0 unspecified atom stereocenters. The Morgan fingerprint density at radius 3 is 2.57 bits per heavy atom. The van der Waals surface area contributed by atoms with Crippen LogP contribution in [0.2, 0.25) is 0 Å². The average Bonchev–Trinajstić information content (AvgIpc) is 3.18. The molecule has 10 heteroatoms. The van der Waals surface area contributed by atoms with Crippen molar-refractivity contribution < 1.29 is 26.4 Å². The number of nitrogens with one attached hydrogen (secondary N) is 1. The van der Waals surface area contributed by atoms with E-state index in [9.17, 15) is 21.6 Å². The fourth-order valence-electron chi connectivity index (χ4n) is 3.27. The molecule has 2 aromatic rings. The van der Waals surface area contributed by atoms with Gasteiger partial charge in [0.05, 0.1) is 29.0 Å². The van der Waals surface area contributed by atoms with Gasteiger partial charge in [-0.05, 0) is 36.2 Å².